The molecule has 3 heteroatoms. The number of piperidine rings is 1. The van der Waals surface area contributed by atoms with Crippen molar-refractivity contribution in [3.8, 4) is 0 Å². The second-order valence-electron chi connectivity index (χ2n) is 11.0. The first-order valence-electron chi connectivity index (χ1n) is 11.7. The lowest BCUT2D eigenvalue weighted by Gasteiger charge is -2.41. The SMILES string of the molecule is CCC[C@]12CC3CC1(C(=O)NC1CC4CNC1C4)C[C@@](c1ccccc1)(C3)C2. The number of fused-ring (bicyclic) bond motifs is 2. The molecule has 2 N–H and O–H groups in total. The van der Waals surface area contributed by atoms with Crippen LogP contribution in [-0.4, -0.2) is 24.5 Å². The van der Waals surface area contributed by atoms with Crippen molar-refractivity contribution in [3.05, 3.63) is 35.9 Å². The van der Waals surface area contributed by atoms with Gasteiger partial charge in [-0.15, -0.1) is 0 Å². The molecule has 6 bridgehead atoms. The lowest BCUT2D eigenvalue weighted by atomic mass is 9.63. The molecule has 1 aliphatic heterocycles. The summed E-state index contributed by atoms with van der Waals surface area (Å²) in [5.41, 5.74) is 1.84. The first-order valence-corrected chi connectivity index (χ1v) is 11.7. The van der Waals surface area contributed by atoms with Crippen LogP contribution in [0.25, 0.3) is 0 Å². The van der Waals surface area contributed by atoms with Gasteiger partial charge in [0.1, 0.15) is 0 Å². The lowest BCUT2D eigenvalue weighted by Crippen LogP contribution is -2.54. The number of rotatable bonds is 5. The zero-order valence-corrected chi connectivity index (χ0v) is 17.2. The van der Waals surface area contributed by atoms with E-state index in [0.717, 1.165) is 31.2 Å². The molecule has 0 spiro atoms. The van der Waals surface area contributed by atoms with E-state index in [1.165, 1.54) is 50.5 Å². The topological polar surface area (TPSA) is 41.1 Å². The summed E-state index contributed by atoms with van der Waals surface area (Å²) >= 11 is 0. The van der Waals surface area contributed by atoms with Crippen molar-refractivity contribution in [2.75, 3.05) is 6.54 Å². The Balaban J connectivity index is 1.35. The molecule has 5 unspecified atom stereocenters. The Morgan fingerprint density at radius 3 is 2.68 bits per heavy atom. The highest BCUT2D eigenvalue weighted by atomic mass is 16.2. The van der Waals surface area contributed by atoms with Gasteiger partial charge in [-0.05, 0) is 86.1 Å². The van der Waals surface area contributed by atoms with Crippen LogP contribution in [0.2, 0.25) is 0 Å². The van der Waals surface area contributed by atoms with Crippen LogP contribution in [0, 0.1) is 22.7 Å². The molecule has 28 heavy (non-hydrogen) atoms. The molecule has 1 aromatic carbocycles. The van der Waals surface area contributed by atoms with Gasteiger partial charge in [0.25, 0.3) is 0 Å². The molecule has 7 atom stereocenters. The van der Waals surface area contributed by atoms with Crippen molar-refractivity contribution in [1.82, 2.24) is 10.6 Å². The number of amides is 1. The van der Waals surface area contributed by atoms with Crippen LogP contribution < -0.4 is 10.6 Å². The van der Waals surface area contributed by atoms with E-state index in [-0.39, 0.29) is 16.2 Å². The van der Waals surface area contributed by atoms with E-state index >= 15 is 0 Å². The fourth-order valence-corrected chi connectivity index (χ4v) is 8.91. The highest BCUT2D eigenvalue weighted by Crippen LogP contribution is 2.77. The van der Waals surface area contributed by atoms with Crippen LogP contribution in [0.1, 0.15) is 70.3 Å². The monoisotopic (exact) mass is 378 g/mol. The van der Waals surface area contributed by atoms with E-state index in [4.69, 9.17) is 0 Å². The van der Waals surface area contributed by atoms with Crippen LogP contribution >= 0.6 is 0 Å². The van der Waals surface area contributed by atoms with Gasteiger partial charge in [0.05, 0.1) is 5.41 Å². The normalized spacial score (nSPS) is 47.8. The molecule has 5 saturated carbocycles. The molecular weight excluding hydrogens is 344 g/mol. The average molecular weight is 379 g/mol. The van der Waals surface area contributed by atoms with Crippen LogP contribution in [0.5, 0.6) is 0 Å². The highest BCUT2D eigenvalue weighted by molar-refractivity contribution is 5.86. The molecule has 1 amide bonds. The van der Waals surface area contributed by atoms with Gasteiger partial charge in [0.15, 0.2) is 0 Å². The molecule has 6 fully saturated rings. The molecule has 0 aromatic heterocycles. The standard InChI is InChI=1S/C25H34N2O/c1-2-8-24-12-18-11-23(15-24,19-6-4-3-5-7-19)16-25(24,13-18)22(28)27-21-10-17-9-20(21)26-14-17/h3-7,17-18,20-21,26H,2,8-16H2,1H3,(H,27,28)/t17?,18?,20?,21?,23-,24-,25?/m1/s1. The van der Waals surface area contributed by atoms with Gasteiger partial charge in [0, 0.05) is 12.1 Å². The van der Waals surface area contributed by atoms with Crippen molar-refractivity contribution in [2.24, 2.45) is 22.7 Å². The van der Waals surface area contributed by atoms with Gasteiger partial charge in [-0.25, -0.2) is 0 Å². The summed E-state index contributed by atoms with van der Waals surface area (Å²) in [5, 5.41) is 7.24. The van der Waals surface area contributed by atoms with E-state index in [9.17, 15) is 4.79 Å². The zero-order valence-electron chi connectivity index (χ0n) is 17.2. The minimum absolute atomic E-state index is 0.121. The molecule has 1 heterocycles. The van der Waals surface area contributed by atoms with E-state index in [1.807, 2.05) is 0 Å². The summed E-state index contributed by atoms with van der Waals surface area (Å²) in [7, 11) is 0. The van der Waals surface area contributed by atoms with Crippen LogP contribution in [0.15, 0.2) is 30.3 Å². The number of carbonyl (C=O) groups excluding carboxylic acids is 1. The molecular formula is C25H34N2O. The second-order valence-corrected chi connectivity index (χ2v) is 11.0. The van der Waals surface area contributed by atoms with Crippen LogP contribution in [0.3, 0.4) is 0 Å². The van der Waals surface area contributed by atoms with Crippen molar-refractivity contribution in [2.45, 2.75) is 82.2 Å². The Labute approximate surface area is 169 Å². The van der Waals surface area contributed by atoms with Gasteiger partial charge >= 0.3 is 0 Å². The van der Waals surface area contributed by atoms with Gasteiger partial charge in [-0.1, -0.05) is 43.7 Å². The van der Waals surface area contributed by atoms with Crippen molar-refractivity contribution < 1.29 is 4.79 Å². The number of benzene rings is 1. The van der Waals surface area contributed by atoms with Gasteiger partial charge in [-0.3, -0.25) is 4.79 Å². The molecule has 3 nitrogen and oxygen atoms in total. The summed E-state index contributed by atoms with van der Waals surface area (Å²) in [6.45, 7) is 3.47. The Kier molecular flexibility index (Phi) is 3.65. The quantitative estimate of drug-likeness (QED) is 0.807. The maximum Gasteiger partial charge on any atom is 0.227 e. The van der Waals surface area contributed by atoms with Crippen molar-refractivity contribution >= 4 is 5.91 Å². The third-order valence-corrected chi connectivity index (χ3v) is 9.52. The zero-order chi connectivity index (χ0) is 19.0. The van der Waals surface area contributed by atoms with E-state index in [2.05, 4.69) is 47.9 Å². The Morgan fingerprint density at radius 2 is 1.96 bits per heavy atom. The van der Waals surface area contributed by atoms with Gasteiger partial charge in [-0.2, -0.15) is 0 Å². The van der Waals surface area contributed by atoms with Gasteiger partial charge < -0.3 is 10.6 Å². The van der Waals surface area contributed by atoms with Crippen LogP contribution in [0.4, 0.5) is 0 Å². The minimum Gasteiger partial charge on any atom is -0.351 e. The molecule has 1 saturated heterocycles. The Bertz CT molecular complexity index is 793. The third-order valence-electron chi connectivity index (χ3n) is 9.52. The molecule has 150 valence electrons. The lowest BCUT2D eigenvalue weighted by molar-refractivity contribution is -0.137. The Morgan fingerprint density at radius 1 is 1.11 bits per heavy atom. The number of nitrogens with one attached hydrogen (secondary N) is 2. The fraction of sp³-hybridized carbons (Fsp3) is 0.720. The summed E-state index contributed by atoms with van der Waals surface area (Å²) in [6, 6.07) is 12.1. The fourth-order valence-electron chi connectivity index (χ4n) is 8.91. The van der Waals surface area contributed by atoms with Crippen molar-refractivity contribution in [3.63, 3.8) is 0 Å². The highest BCUT2D eigenvalue weighted by Gasteiger charge is 2.74. The summed E-state index contributed by atoms with van der Waals surface area (Å²) in [5.74, 6) is 1.93. The predicted octanol–water partition coefficient (Wildman–Crippen LogP) is 4.17. The Hall–Kier alpha value is -1.35. The van der Waals surface area contributed by atoms with E-state index in [0.29, 0.717) is 18.0 Å². The summed E-state index contributed by atoms with van der Waals surface area (Å²) in [6.07, 6.45) is 10.9. The van der Waals surface area contributed by atoms with E-state index in [1.54, 1.807) is 0 Å². The number of hydrogen-bond donors (Lipinski definition) is 2. The first-order chi connectivity index (χ1) is 13.6. The molecule has 5 aliphatic carbocycles. The smallest absolute Gasteiger partial charge is 0.227 e. The maximum absolute atomic E-state index is 14.0. The molecule has 0 radical (unpaired) electrons. The summed E-state index contributed by atoms with van der Waals surface area (Å²) in [4.78, 5) is 14.0. The van der Waals surface area contributed by atoms with Crippen molar-refractivity contribution in [1.29, 1.82) is 0 Å². The molecule has 7 rings (SSSR count). The van der Waals surface area contributed by atoms with E-state index < -0.39 is 0 Å². The largest absolute Gasteiger partial charge is 0.351 e. The molecule has 1 aromatic rings. The number of carbonyl (C=O) groups is 1. The van der Waals surface area contributed by atoms with Crippen LogP contribution in [-0.2, 0) is 10.2 Å². The minimum atomic E-state index is -0.121. The predicted molar refractivity (Wildman–Crippen MR) is 111 cm³/mol. The summed E-state index contributed by atoms with van der Waals surface area (Å²) < 4.78 is 0. The second kappa shape index (κ2) is 5.84. The number of hydrogen-bond acceptors (Lipinski definition) is 2. The average Bonchev–Trinajstić information content (AvgIpc) is 3.40. The van der Waals surface area contributed by atoms with Gasteiger partial charge in [0.2, 0.25) is 5.91 Å². The maximum atomic E-state index is 14.0. The first kappa shape index (κ1) is 17.5. The molecule has 6 aliphatic rings. The third kappa shape index (κ3) is 2.17.